The molecule has 1 aromatic carbocycles. The first kappa shape index (κ1) is 26.4. The normalized spacial score (nSPS) is 14.6. The highest BCUT2D eigenvalue weighted by atomic mass is 19.4. The molecule has 3 aromatic rings. The predicted molar refractivity (Wildman–Crippen MR) is 118 cm³/mol. The number of rotatable bonds is 7. The highest BCUT2D eigenvalue weighted by Gasteiger charge is 2.50. The standard InChI is InChI=1S/C23H19F7N4O3/c1-33(4-5-35)21-16(27)8-12-18(36)13(22(37)31-19(10-2-3-10)23(28,29)30)9-34(20(12)32-21)17-14(25)6-11(24)7-15(17)26/h6-10,19,35H,2-5H2,1H3,(H,31,37)/t19-/m0/s1. The maximum Gasteiger partial charge on any atom is 0.408 e. The van der Waals surface area contributed by atoms with E-state index >= 15 is 0 Å². The van der Waals surface area contributed by atoms with Gasteiger partial charge < -0.3 is 15.3 Å². The fourth-order valence-corrected chi connectivity index (χ4v) is 3.95. The lowest BCUT2D eigenvalue weighted by atomic mass is 10.1. The average molecular weight is 532 g/mol. The van der Waals surface area contributed by atoms with Crippen LogP contribution in [0, 0.1) is 29.2 Å². The molecule has 4 rings (SSSR count). The quantitative estimate of drug-likeness (QED) is 0.456. The van der Waals surface area contributed by atoms with Gasteiger partial charge >= 0.3 is 6.18 Å². The van der Waals surface area contributed by atoms with Crippen molar-refractivity contribution in [2.75, 3.05) is 25.1 Å². The van der Waals surface area contributed by atoms with Crippen molar-refractivity contribution < 1.29 is 40.6 Å². The summed E-state index contributed by atoms with van der Waals surface area (Å²) in [6, 6.07) is -1.05. The molecule has 37 heavy (non-hydrogen) atoms. The first-order valence-corrected chi connectivity index (χ1v) is 10.9. The zero-order valence-corrected chi connectivity index (χ0v) is 19.0. The molecular weight excluding hydrogens is 513 g/mol. The van der Waals surface area contributed by atoms with Crippen molar-refractivity contribution in [1.29, 1.82) is 0 Å². The summed E-state index contributed by atoms with van der Waals surface area (Å²) in [6.07, 6.45) is -3.88. The molecule has 2 aromatic heterocycles. The van der Waals surface area contributed by atoms with Crippen molar-refractivity contribution in [2.45, 2.75) is 25.1 Å². The lowest BCUT2D eigenvalue weighted by Crippen LogP contribution is -2.48. The van der Waals surface area contributed by atoms with Gasteiger partial charge in [-0.2, -0.15) is 13.2 Å². The van der Waals surface area contributed by atoms with Gasteiger partial charge in [-0.3, -0.25) is 14.2 Å². The van der Waals surface area contributed by atoms with Gasteiger partial charge in [-0.25, -0.2) is 22.5 Å². The molecule has 1 amide bonds. The minimum Gasteiger partial charge on any atom is -0.395 e. The van der Waals surface area contributed by atoms with Crippen LogP contribution in [0.3, 0.4) is 0 Å². The van der Waals surface area contributed by atoms with Crippen molar-refractivity contribution in [1.82, 2.24) is 14.9 Å². The van der Waals surface area contributed by atoms with Crippen LogP contribution in [0.4, 0.5) is 36.6 Å². The Kier molecular flexibility index (Phi) is 6.88. The molecule has 7 nitrogen and oxygen atoms in total. The molecule has 0 saturated heterocycles. The molecule has 0 radical (unpaired) electrons. The number of aliphatic hydroxyl groups excluding tert-OH is 1. The Hall–Kier alpha value is -3.68. The SMILES string of the molecule is CN(CCO)c1nc2c(cc1F)c(=O)c(C(=O)N[C@@H](C1CC1)C(F)(F)F)cn2-c1c(F)cc(F)cc1F. The second-order valence-electron chi connectivity index (χ2n) is 8.60. The number of carbonyl (C=O) groups is 1. The summed E-state index contributed by atoms with van der Waals surface area (Å²) in [5.74, 6) is -8.23. The zero-order chi connectivity index (χ0) is 27.2. The highest BCUT2D eigenvalue weighted by Crippen LogP contribution is 2.40. The van der Waals surface area contributed by atoms with Crippen molar-refractivity contribution in [3.8, 4) is 5.69 Å². The fraction of sp³-hybridized carbons (Fsp3) is 0.348. The first-order valence-electron chi connectivity index (χ1n) is 10.9. The fourth-order valence-electron chi connectivity index (χ4n) is 3.95. The minimum atomic E-state index is -4.83. The van der Waals surface area contributed by atoms with Crippen LogP contribution in [0.5, 0.6) is 0 Å². The lowest BCUT2D eigenvalue weighted by molar-refractivity contribution is -0.158. The molecule has 14 heteroatoms. The number of carbonyl (C=O) groups excluding carboxylic acids is 1. The van der Waals surface area contributed by atoms with Crippen molar-refractivity contribution in [3.63, 3.8) is 0 Å². The molecule has 0 bridgehead atoms. The summed E-state index contributed by atoms with van der Waals surface area (Å²) in [4.78, 5) is 31.0. The number of hydrogen-bond donors (Lipinski definition) is 2. The predicted octanol–water partition coefficient (Wildman–Crippen LogP) is 3.44. The topological polar surface area (TPSA) is 87.5 Å². The maximum atomic E-state index is 14.9. The van der Waals surface area contributed by atoms with Gasteiger partial charge in [-0.1, -0.05) is 0 Å². The number of halogens is 7. The van der Waals surface area contributed by atoms with E-state index in [4.69, 9.17) is 5.11 Å². The Bertz CT molecular complexity index is 1410. The zero-order valence-electron chi connectivity index (χ0n) is 19.0. The number of aliphatic hydroxyl groups is 1. The maximum absolute atomic E-state index is 14.9. The third-order valence-electron chi connectivity index (χ3n) is 5.91. The number of hydrogen-bond acceptors (Lipinski definition) is 5. The Morgan fingerprint density at radius 1 is 1.16 bits per heavy atom. The summed E-state index contributed by atoms with van der Waals surface area (Å²) in [6.45, 7) is -0.552. The van der Waals surface area contributed by atoms with Crippen LogP contribution in [0.1, 0.15) is 23.2 Å². The highest BCUT2D eigenvalue weighted by molar-refractivity contribution is 5.97. The summed E-state index contributed by atoms with van der Waals surface area (Å²) in [5.41, 5.74) is -3.79. The number of benzene rings is 1. The minimum absolute atomic E-state index is 0.126. The van der Waals surface area contributed by atoms with Gasteiger partial charge in [0.05, 0.1) is 12.0 Å². The molecule has 2 N–H and O–H groups in total. The van der Waals surface area contributed by atoms with Gasteiger partial charge in [0.1, 0.15) is 23.1 Å². The number of anilines is 1. The number of aromatic nitrogens is 2. The molecule has 1 aliphatic carbocycles. The summed E-state index contributed by atoms with van der Waals surface area (Å²) in [5, 5.41) is 10.2. The molecule has 0 unspecified atom stereocenters. The summed E-state index contributed by atoms with van der Waals surface area (Å²) < 4.78 is 98.7. The van der Waals surface area contributed by atoms with Gasteiger partial charge in [0.2, 0.25) is 5.43 Å². The molecule has 1 atom stereocenters. The van der Waals surface area contributed by atoms with Crippen LogP contribution >= 0.6 is 0 Å². The van der Waals surface area contributed by atoms with E-state index in [1.165, 1.54) is 7.05 Å². The van der Waals surface area contributed by atoms with E-state index < -0.39 is 87.4 Å². The molecule has 0 aliphatic heterocycles. The smallest absolute Gasteiger partial charge is 0.395 e. The van der Waals surface area contributed by atoms with E-state index in [0.717, 1.165) is 4.90 Å². The van der Waals surface area contributed by atoms with Gasteiger partial charge in [0.25, 0.3) is 5.91 Å². The Morgan fingerprint density at radius 2 is 1.78 bits per heavy atom. The Balaban J connectivity index is 1.97. The van der Waals surface area contributed by atoms with Gasteiger partial charge in [0, 0.05) is 31.9 Å². The van der Waals surface area contributed by atoms with Gasteiger partial charge in [-0.15, -0.1) is 0 Å². The van der Waals surface area contributed by atoms with Crippen molar-refractivity contribution in [2.24, 2.45) is 5.92 Å². The molecular formula is C23H19F7N4O3. The number of nitrogens with one attached hydrogen (secondary N) is 1. The van der Waals surface area contributed by atoms with Gasteiger partial charge in [-0.05, 0) is 24.8 Å². The lowest BCUT2D eigenvalue weighted by Gasteiger charge is -2.22. The monoisotopic (exact) mass is 532 g/mol. The van der Waals surface area contributed by atoms with Crippen LogP contribution in [0.25, 0.3) is 16.7 Å². The number of pyridine rings is 2. The number of amides is 1. The molecule has 1 fully saturated rings. The van der Waals surface area contributed by atoms with Crippen LogP contribution in [-0.4, -0.2) is 53.0 Å². The van der Waals surface area contributed by atoms with Gasteiger partial charge in [0.15, 0.2) is 28.9 Å². The molecule has 1 aliphatic rings. The number of likely N-dealkylation sites (N-methyl/N-ethyl adjacent to an activating group) is 1. The van der Waals surface area contributed by atoms with Crippen LogP contribution in [0.2, 0.25) is 0 Å². The second kappa shape index (κ2) is 9.65. The Labute approximate surface area is 204 Å². The van der Waals surface area contributed by atoms with Crippen molar-refractivity contribution >= 4 is 22.8 Å². The number of fused-ring (bicyclic) bond motifs is 1. The molecule has 0 spiro atoms. The average Bonchev–Trinajstić information content (AvgIpc) is 3.62. The van der Waals surface area contributed by atoms with E-state index in [1.54, 1.807) is 5.32 Å². The third-order valence-corrected chi connectivity index (χ3v) is 5.91. The van der Waals surface area contributed by atoms with Crippen LogP contribution in [-0.2, 0) is 0 Å². The molecule has 1 saturated carbocycles. The summed E-state index contributed by atoms with van der Waals surface area (Å²) in [7, 11) is 1.33. The Morgan fingerprint density at radius 3 is 2.32 bits per heavy atom. The van der Waals surface area contributed by atoms with E-state index in [-0.39, 0.29) is 19.4 Å². The summed E-state index contributed by atoms with van der Waals surface area (Å²) >= 11 is 0. The van der Waals surface area contributed by atoms with E-state index in [1.807, 2.05) is 0 Å². The largest absolute Gasteiger partial charge is 0.408 e. The number of nitrogens with zero attached hydrogens (tertiary/aromatic N) is 3. The van der Waals surface area contributed by atoms with Crippen LogP contribution in [0.15, 0.2) is 29.2 Å². The van der Waals surface area contributed by atoms with Crippen molar-refractivity contribution in [3.05, 3.63) is 63.5 Å². The number of alkyl halides is 3. The van der Waals surface area contributed by atoms with E-state index in [9.17, 15) is 40.3 Å². The van der Waals surface area contributed by atoms with E-state index in [2.05, 4.69) is 4.98 Å². The molecule has 2 heterocycles. The second-order valence-corrected chi connectivity index (χ2v) is 8.60. The van der Waals surface area contributed by atoms with E-state index in [0.29, 0.717) is 29.0 Å². The molecule has 198 valence electrons. The third kappa shape index (κ3) is 5.10. The first-order chi connectivity index (χ1) is 17.3. The van der Waals surface area contributed by atoms with Crippen LogP contribution < -0.4 is 15.6 Å².